The fourth-order valence-corrected chi connectivity index (χ4v) is 3.89. The first-order chi connectivity index (χ1) is 11.3. The normalized spacial score (nSPS) is 21.3. The zero-order chi connectivity index (χ0) is 16.1. The maximum Gasteiger partial charge on any atom is 0.123 e. The molecular formula is C22H27F. The van der Waals surface area contributed by atoms with E-state index in [1.54, 1.807) is 12.1 Å². The van der Waals surface area contributed by atoms with E-state index >= 15 is 0 Å². The molecule has 0 radical (unpaired) electrons. The summed E-state index contributed by atoms with van der Waals surface area (Å²) >= 11 is 0. The lowest BCUT2D eigenvalue weighted by Crippen LogP contribution is -2.13. The molecular weight excluding hydrogens is 283 g/mol. The smallest absolute Gasteiger partial charge is 0.123 e. The first kappa shape index (κ1) is 16.2. The van der Waals surface area contributed by atoms with Gasteiger partial charge in [-0.1, -0.05) is 62.6 Å². The van der Waals surface area contributed by atoms with Crippen LogP contribution in [0.3, 0.4) is 0 Å². The van der Waals surface area contributed by atoms with Crippen LogP contribution in [0.4, 0.5) is 4.39 Å². The molecule has 0 atom stereocenters. The first-order valence-corrected chi connectivity index (χ1v) is 9.12. The largest absolute Gasteiger partial charge is 0.207 e. The highest BCUT2D eigenvalue weighted by atomic mass is 19.1. The average molecular weight is 310 g/mol. The topological polar surface area (TPSA) is 0 Å². The lowest BCUT2D eigenvalue weighted by Gasteiger charge is -2.29. The van der Waals surface area contributed by atoms with Crippen LogP contribution in [0.1, 0.15) is 63.4 Å². The van der Waals surface area contributed by atoms with Crippen molar-refractivity contribution < 1.29 is 4.39 Å². The van der Waals surface area contributed by atoms with Crippen LogP contribution in [-0.4, -0.2) is 0 Å². The van der Waals surface area contributed by atoms with Crippen LogP contribution in [0.25, 0.3) is 11.1 Å². The second-order valence-corrected chi connectivity index (χ2v) is 6.99. The Kier molecular flexibility index (Phi) is 5.48. The molecule has 0 aliphatic heterocycles. The zero-order valence-corrected chi connectivity index (χ0v) is 14.1. The fourth-order valence-electron chi connectivity index (χ4n) is 3.89. The Bertz CT molecular complexity index is 606. The molecule has 0 N–H and O–H groups in total. The molecule has 3 rings (SSSR count). The van der Waals surface area contributed by atoms with Gasteiger partial charge in [0.25, 0.3) is 0 Å². The molecule has 0 saturated heterocycles. The molecule has 0 unspecified atom stereocenters. The van der Waals surface area contributed by atoms with E-state index in [1.165, 1.54) is 56.6 Å². The van der Waals surface area contributed by atoms with E-state index in [2.05, 4.69) is 31.2 Å². The monoisotopic (exact) mass is 310 g/mol. The minimum atomic E-state index is -0.169. The molecule has 23 heavy (non-hydrogen) atoms. The van der Waals surface area contributed by atoms with Crippen LogP contribution < -0.4 is 0 Å². The molecule has 1 saturated carbocycles. The molecule has 122 valence electrons. The molecule has 1 fully saturated rings. The Labute approximate surface area is 139 Å². The van der Waals surface area contributed by atoms with E-state index in [-0.39, 0.29) is 5.82 Å². The lowest BCUT2D eigenvalue weighted by molar-refractivity contribution is 0.304. The SMILES string of the molecule is CCCCC1CCC(c2ccc(-c3cccc(F)c3)cc2)CC1. The summed E-state index contributed by atoms with van der Waals surface area (Å²) in [6.45, 7) is 2.28. The molecule has 0 aromatic heterocycles. The molecule has 0 bridgehead atoms. The summed E-state index contributed by atoms with van der Waals surface area (Å²) in [5.41, 5.74) is 3.52. The van der Waals surface area contributed by atoms with Crippen molar-refractivity contribution in [2.24, 2.45) is 5.92 Å². The van der Waals surface area contributed by atoms with E-state index in [4.69, 9.17) is 0 Å². The third-order valence-electron chi connectivity index (χ3n) is 5.35. The van der Waals surface area contributed by atoms with Gasteiger partial charge in [-0.05, 0) is 66.3 Å². The molecule has 0 nitrogen and oxygen atoms in total. The van der Waals surface area contributed by atoms with Gasteiger partial charge in [-0.2, -0.15) is 0 Å². The van der Waals surface area contributed by atoms with E-state index in [0.29, 0.717) is 0 Å². The van der Waals surface area contributed by atoms with Gasteiger partial charge in [0.2, 0.25) is 0 Å². The summed E-state index contributed by atoms with van der Waals surface area (Å²) in [6.07, 6.45) is 9.55. The van der Waals surface area contributed by atoms with E-state index in [9.17, 15) is 4.39 Å². The summed E-state index contributed by atoms with van der Waals surface area (Å²) < 4.78 is 13.3. The summed E-state index contributed by atoms with van der Waals surface area (Å²) in [6, 6.07) is 15.6. The first-order valence-electron chi connectivity index (χ1n) is 9.12. The Morgan fingerprint density at radius 2 is 1.65 bits per heavy atom. The van der Waals surface area contributed by atoms with Gasteiger partial charge in [-0.3, -0.25) is 0 Å². The van der Waals surface area contributed by atoms with Crippen molar-refractivity contribution >= 4 is 0 Å². The van der Waals surface area contributed by atoms with Gasteiger partial charge in [0, 0.05) is 0 Å². The minimum Gasteiger partial charge on any atom is -0.207 e. The highest BCUT2D eigenvalue weighted by Gasteiger charge is 2.21. The number of rotatable bonds is 5. The number of hydrogen-bond acceptors (Lipinski definition) is 0. The molecule has 0 spiro atoms. The number of unbranched alkanes of at least 4 members (excludes halogenated alkanes) is 1. The van der Waals surface area contributed by atoms with Gasteiger partial charge in [-0.15, -0.1) is 0 Å². The van der Waals surface area contributed by atoms with Crippen LogP contribution >= 0.6 is 0 Å². The molecule has 1 heteroatoms. The van der Waals surface area contributed by atoms with E-state index < -0.39 is 0 Å². The minimum absolute atomic E-state index is 0.169. The zero-order valence-electron chi connectivity index (χ0n) is 14.1. The second-order valence-electron chi connectivity index (χ2n) is 6.99. The molecule has 0 amide bonds. The van der Waals surface area contributed by atoms with Crippen molar-refractivity contribution in [3.8, 4) is 11.1 Å². The van der Waals surface area contributed by atoms with Crippen LogP contribution in [0.2, 0.25) is 0 Å². The summed E-state index contributed by atoms with van der Waals surface area (Å²) in [7, 11) is 0. The summed E-state index contributed by atoms with van der Waals surface area (Å²) in [4.78, 5) is 0. The van der Waals surface area contributed by atoms with Gasteiger partial charge < -0.3 is 0 Å². The van der Waals surface area contributed by atoms with Gasteiger partial charge in [0.1, 0.15) is 5.82 Å². The Morgan fingerprint density at radius 1 is 0.913 bits per heavy atom. The molecule has 0 heterocycles. The summed E-state index contributed by atoms with van der Waals surface area (Å²) in [5, 5.41) is 0. The Morgan fingerprint density at radius 3 is 2.30 bits per heavy atom. The van der Waals surface area contributed by atoms with Gasteiger partial charge in [0.15, 0.2) is 0 Å². The predicted octanol–water partition coefficient (Wildman–Crippen LogP) is 6.96. The van der Waals surface area contributed by atoms with Crippen molar-refractivity contribution in [3.63, 3.8) is 0 Å². The quantitative estimate of drug-likeness (QED) is 0.560. The van der Waals surface area contributed by atoms with Crippen molar-refractivity contribution in [1.29, 1.82) is 0 Å². The van der Waals surface area contributed by atoms with Crippen LogP contribution in [0, 0.1) is 11.7 Å². The van der Waals surface area contributed by atoms with Gasteiger partial charge >= 0.3 is 0 Å². The Hall–Kier alpha value is -1.63. The van der Waals surface area contributed by atoms with Crippen molar-refractivity contribution in [1.82, 2.24) is 0 Å². The van der Waals surface area contributed by atoms with Crippen molar-refractivity contribution in [3.05, 3.63) is 59.9 Å². The maximum atomic E-state index is 13.3. The van der Waals surface area contributed by atoms with E-state index in [1.807, 2.05) is 6.07 Å². The second kappa shape index (κ2) is 7.77. The summed E-state index contributed by atoms with van der Waals surface area (Å²) in [5.74, 6) is 1.50. The third kappa shape index (κ3) is 4.22. The lowest BCUT2D eigenvalue weighted by atomic mass is 9.77. The highest BCUT2D eigenvalue weighted by Crippen LogP contribution is 2.38. The van der Waals surface area contributed by atoms with Crippen LogP contribution in [-0.2, 0) is 0 Å². The molecule has 2 aromatic carbocycles. The predicted molar refractivity (Wildman–Crippen MR) is 96.1 cm³/mol. The van der Waals surface area contributed by atoms with Crippen LogP contribution in [0.5, 0.6) is 0 Å². The molecule has 2 aromatic rings. The maximum absolute atomic E-state index is 13.3. The Balaban J connectivity index is 1.62. The molecule has 1 aliphatic rings. The van der Waals surface area contributed by atoms with Crippen LogP contribution in [0.15, 0.2) is 48.5 Å². The number of benzene rings is 2. The number of halogens is 1. The van der Waals surface area contributed by atoms with Gasteiger partial charge in [0.05, 0.1) is 0 Å². The standard InChI is InChI=1S/C22H27F/c1-2-3-5-17-8-10-18(11-9-17)19-12-14-20(15-13-19)21-6-4-7-22(23)16-21/h4,6-7,12-18H,2-3,5,8-11H2,1H3. The molecule has 1 aliphatic carbocycles. The highest BCUT2D eigenvalue weighted by molar-refractivity contribution is 5.63. The number of hydrogen-bond donors (Lipinski definition) is 0. The van der Waals surface area contributed by atoms with Crippen molar-refractivity contribution in [2.75, 3.05) is 0 Å². The third-order valence-corrected chi connectivity index (χ3v) is 5.35. The van der Waals surface area contributed by atoms with E-state index in [0.717, 1.165) is 23.0 Å². The average Bonchev–Trinajstić information content (AvgIpc) is 2.61. The van der Waals surface area contributed by atoms with Gasteiger partial charge in [-0.25, -0.2) is 4.39 Å². The van der Waals surface area contributed by atoms with Crippen molar-refractivity contribution in [2.45, 2.75) is 57.8 Å². The fraction of sp³-hybridized carbons (Fsp3) is 0.455.